The number of halogens is 2. The quantitative estimate of drug-likeness (QED) is 0.665. The lowest BCUT2D eigenvalue weighted by Crippen LogP contribution is -2.35. The third-order valence-corrected chi connectivity index (χ3v) is 5.30. The number of anilines is 1. The number of piperidine rings is 1. The average molecular weight is 402 g/mol. The summed E-state index contributed by atoms with van der Waals surface area (Å²) in [5.74, 6) is 0.578. The number of nitrogens with one attached hydrogen (secondary N) is 1. The molecule has 1 N–H and O–H groups in total. The Labute approximate surface area is 167 Å². The second kappa shape index (κ2) is 8.29. The molecule has 0 bridgehead atoms. The summed E-state index contributed by atoms with van der Waals surface area (Å²) in [5.41, 5.74) is 2.04. The van der Waals surface area contributed by atoms with Gasteiger partial charge in [0, 0.05) is 29.6 Å². The third-order valence-electron chi connectivity index (χ3n) is 5.07. The molecule has 1 aliphatic heterocycles. The molecule has 1 aliphatic rings. The Bertz CT molecular complexity index is 983. The van der Waals surface area contributed by atoms with Crippen molar-refractivity contribution in [3.8, 4) is 0 Å². The summed E-state index contributed by atoms with van der Waals surface area (Å²) in [6, 6.07) is 11.4. The van der Waals surface area contributed by atoms with Crippen molar-refractivity contribution in [1.29, 1.82) is 0 Å². The van der Waals surface area contributed by atoms with Crippen LogP contribution >= 0.6 is 11.6 Å². The highest BCUT2D eigenvalue weighted by Gasteiger charge is 2.25. The number of nitrogens with zero attached hydrogens (tertiary/aromatic N) is 2. The first-order valence-electron chi connectivity index (χ1n) is 9.40. The van der Waals surface area contributed by atoms with Crippen LogP contribution in [0.25, 0.3) is 11.1 Å². The Morgan fingerprint density at radius 3 is 2.86 bits per heavy atom. The molecule has 28 heavy (non-hydrogen) atoms. The Morgan fingerprint density at radius 2 is 2.07 bits per heavy atom. The van der Waals surface area contributed by atoms with Crippen molar-refractivity contribution in [2.75, 3.05) is 25.0 Å². The van der Waals surface area contributed by atoms with E-state index in [1.165, 1.54) is 12.1 Å². The SMILES string of the molecule is O=C(CCN1CCC(c2nc3cc(Cl)ccc3o2)CC1)Nc1cccc(F)c1. The number of hydrogen-bond acceptors (Lipinski definition) is 4. The van der Waals surface area contributed by atoms with Crippen LogP contribution in [0.4, 0.5) is 10.1 Å². The normalized spacial score (nSPS) is 15.8. The molecule has 2 heterocycles. The molecule has 0 aliphatic carbocycles. The molecular formula is C21H21ClFN3O2. The Kier molecular flexibility index (Phi) is 5.59. The minimum atomic E-state index is -0.360. The number of carbonyl (C=O) groups excluding carboxylic acids is 1. The predicted octanol–water partition coefficient (Wildman–Crippen LogP) is 4.83. The highest BCUT2D eigenvalue weighted by Crippen LogP contribution is 2.30. The van der Waals surface area contributed by atoms with Gasteiger partial charge in [0.05, 0.1) is 0 Å². The molecule has 146 valence electrons. The van der Waals surface area contributed by atoms with Crippen LogP contribution in [-0.4, -0.2) is 35.4 Å². The predicted molar refractivity (Wildman–Crippen MR) is 107 cm³/mol. The van der Waals surface area contributed by atoms with Gasteiger partial charge in [-0.1, -0.05) is 17.7 Å². The maximum atomic E-state index is 13.2. The van der Waals surface area contributed by atoms with E-state index in [9.17, 15) is 9.18 Å². The number of likely N-dealkylation sites (tertiary alicyclic amines) is 1. The molecule has 0 atom stereocenters. The Morgan fingerprint density at radius 1 is 1.25 bits per heavy atom. The minimum Gasteiger partial charge on any atom is -0.440 e. The van der Waals surface area contributed by atoms with Gasteiger partial charge in [0.1, 0.15) is 11.3 Å². The molecular weight excluding hydrogens is 381 g/mol. The summed E-state index contributed by atoms with van der Waals surface area (Å²) in [5, 5.41) is 3.39. The molecule has 1 saturated heterocycles. The molecule has 1 aromatic heterocycles. The zero-order chi connectivity index (χ0) is 19.5. The van der Waals surface area contributed by atoms with Gasteiger partial charge in [0.15, 0.2) is 11.5 Å². The fourth-order valence-corrected chi connectivity index (χ4v) is 3.71. The van der Waals surface area contributed by atoms with Gasteiger partial charge in [-0.15, -0.1) is 0 Å². The standard InChI is InChI=1S/C21H21ClFN3O2/c22-15-4-5-19-18(12-15)25-21(28-19)14-6-9-26(10-7-14)11-8-20(27)24-17-3-1-2-16(23)13-17/h1-5,12-14H,6-11H2,(H,24,27). The topological polar surface area (TPSA) is 58.4 Å². The van der Waals surface area contributed by atoms with Gasteiger partial charge < -0.3 is 14.6 Å². The van der Waals surface area contributed by atoms with E-state index in [1.54, 1.807) is 18.2 Å². The Balaban J connectivity index is 1.26. The number of oxazole rings is 1. The molecule has 2 aromatic carbocycles. The van der Waals surface area contributed by atoms with Crippen LogP contribution in [0.1, 0.15) is 31.1 Å². The van der Waals surface area contributed by atoms with Crippen molar-refractivity contribution >= 4 is 34.3 Å². The van der Waals surface area contributed by atoms with Crippen LogP contribution in [0.5, 0.6) is 0 Å². The lowest BCUT2D eigenvalue weighted by Gasteiger charge is -2.30. The van der Waals surface area contributed by atoms with Crippen LogP contribution in [0.3, 0.4) is 0 Å². The second-order valence-corrected chi connectivity index (χ2v) is 7.53. The minimum absolute atomic E-state index is 0.108. The summed E-state index contributed by atoms with van der Waals surface area (Å²) in [6.45, 7) is 2.45. The van der Waals surface area contributed by atoms with E-state index in [0.717, 1.165) is 42.9 Å². The first-order valence-corrected chi connectivity index (χ1v) is 9.78. The van der Waals surface area contributed by atoms with Gasteiger partial charge in [0.2, 0.25) is 5.91 Å². The van der Waals surface area contributed by atoms with Crippen molar-refractivity contribution in [2.45, 2.75) is 25.2 Å². The lowest BCUT2D eigenvalue weighted by atomic mass is 9.96. The molecule has 4 rings (SSSR count). The number of benzene rings is 2. The molecule has 7 heteroatoms. The number of hydrogen-bond donors (Lipinski definition) is 1. The molecule has 0 unspecified atom stereocenters. The fraction of sp³-hybridized carbons (Fsp3) is 0.333. The van der Waals surface area contributed by atoms with Crippen molar-refractivity contribution in [3.05, 3.63) is 59.2 Å². The number of amides is 1. The van der Waals surface area contributed by atoms with Crippen molar-refractivity contribution < 1.29 is 13.6 Å². The number of carbonyl (C=O) groups is 1. The van der Waals surface area contributed by atoms with Crippen LogP contribution < -0.4 is 5.32 Å². The highest BCUT2D eigenvalue weighted by molar-refractivity contribution is 6.31. The van der Waals surface area contributed by atoms with Crippen LogP contribution in [0.15, 0.2) is 46.9 Å². The van der Waals surface area contributed by atoms with E-state index in [1.807, 2.05) is 12.1 Å². The van der Waals surface area contributed by atoms with Crippen LogP contribution in [0, 0.1) is 5.82 Å². The largest absolute Gasteiger partial charge is 0.440 e. The molecule has 1 fully saturated rings. The average Bonchev–Trinajstić information content (AvgIpc) is 3.10. The zero-order valence-corrected chi connectivity index (χ0v) is 16.1. The number of rotatable bonds is 5. The fourth-order valence-electron chi connectivity index (χ4n) is 3.55. The summed E-state index contributed by atoms with van der Waals surface area (Å²) in [4.78, 5) is 18.9. The van der Waals surface area contributed by atoms with Crippen LogP contribution in [0.2, 0.25) is 5.02 Å². The van der Waals surface area contributed by atoms with E-state index in [4.69, 9.17) is 16.0 Å². The third kappa shape index (κ3) is 4.51. The Hall–Kier alpha value is -2.44. The van der Waals surface area contributed by atoms with Gasteiger partial charge >= 0.3 is 0 Å². The van der Waals surface area contributed by atoms with Gasteiger partial charge in [-0.2, -0.15) is 0 Å². The summed E-state index contributed by atoms with van der Waals surface area (Å²) in [6.07, 6.45) is 2.25. The molecule has 0 radical (unpaired) electrons. The van der Waals surface area contributed by atoms with Crippen molar-refractivity contribution in [2.24, 2.45) is 0 Å². The monoisotopic (exact) mass is 401 g/mol. The molecule has 0 saturated carbocycles. The number of fused-ring (bicyclic) bond motifs is 1. The van der Waals surface area contributed by atoms with E-state index in [0.29, 0.717) is 23.7 Å². The maximum absolute atomic E-state index is 13.2. The smallest absolute Gasteiger partial charge is 0.225 e. The summed E-state index contributed by atoms with van der Waals surface area (Å²) >= 11 is 6.01. The first kappa shape index (κ1) is 18.9. The van der Waals surface area contributed by atoms with Gasteiger partial charge in [0.25, 0.3) is 0 Å². The van der Waals surface area contributed by atoms with Crippen molar-refractivity contribution in [1.82, 2.24) is 9.88 Å². The van der Waals surface area contributed by atoms with E-state index in [-0.39, 0.29) is 17.6 Å². The summed E-state index contributed by atoms with van der Waals surface area (Å²) in [7, 11) is 0. The van der Waals surface area contributed by atoms with Crippen molar-refractivity contribution in [3.63, 3.8) is 0 Å². The molecule has 3 aromatic rings. The maximum Gasteiger partial charge on any atom is 0.225 e. The molecule has 5 nitrogen and oxygen atoms in total. The van der Waals surface area contributed by atoms with Crippen LogP contribution in [-0.2, 0) is 4.79 Å². The van der Waals surface area contributed by atoms with Gasteiger partial charge in [-0.05, 0) is 62.3 Å². The zero-order valence-electron chi connectivity index (χ0n) is 15.3. The summed E-state index contributed by atoms with van der Waals surface area (Å²) < 4.78 is 19.1. The lowest BCUT2D eigenvalue weighted by molar-refractivity contribution is -0.116. The van der Waals surface area contributed by atoms with Gasteiger partial charge in [-0.3, -0.25) is 4.79 Å². The van der Waals surface area contributed by atoms with E-state index < -0.39 is 0 Å². The van der Waals surface area contributed by atoms with Gasteiger partial charge in [-0.25, -0.2) is 9.37 Å². The first-order chi connectivity index (χ1) is 13.6. The highest BCUT2D eigenvalue weighted by atomic mass is 35.5. The molecule has 1 amide bonds. The second-order valence-electron chi connectivity index (χ2n) is 7.09. The number of aromatic nitrogens is 1. The van der Waals surface area contributed by atoms with E-state index in [2.05, 4.69) is 15.2 Å². The van der Waals surface area contributed by atoms with E-state index >= 15 is 0 Å². The molecule has 0 spiro atoms.